The smallest absolute Gasteiger partial charge is 0.117 e. The zero-order valence-corrected chi connectivity index (χ0v) is 14.9. The molecule has 3 heteroatoms. The van der Waals surface area contributed by atoms with Crippen molar-refractivity contribution < 1.29 is 5.11 Å². The summed E-state index contributed by atoms with van der Waals surface area (Å²) in [5, 5.41) is 20.1. The summed E-state index contributed by atoms with van der Waals surface area (Å²) in [7, 11) is 0. The Morgan fingerprint density at radius 1 is 1.16 bits per heavy atom. The Labute approximate surface area is 149 Å². The summed E-state index contributed by atoms with van der Waals surface area (Å²) < 4.78 is 1.98. The number of rotatable bonds is 1. The first-order valence-corrected chi connectivity index (χ1v) is 8.54. The molecule has 1 aromatic carbocycles. The fourth-order valence-electron chi connectivity index (χ4n) is 2.72. The summed E-state index contributed by atoms with van der Waals surface area (Å²) in [6, 6.07) is 7.32. The van der Waals surface area contributed by atoms with Crippen molar-refractivity contribution in [3.05, 3.63) is 65.4 Å². The number of benzene rings is 1. The van der Waals surface area contributed by atoms with E-state index in [2.05, 4.69) is 24.0 Å². The van der Waals surface area contributed by atoms with Gasteiger partial charge in [-0.15, -0.1) is 0 Å². The first kappa shape index (κ1) is 18.2. The van der Waals surface area contributed by atoms with Crippen LogP contribution in [-0.4, -0.2) is 9.67 Å². The average molecular weight is 330 g/mol. The number of hydrogen-bond acceptors (Lipinski definition) is 2. The lowest BCUT2D eigenvalue weighted by Crippen LogP contribution is -1.98. The molecule has 0 saturated heterocycles. The third kappa shape index (κ3) is 3.84. The van der Waals surface area contributed by atoms with E-state index in [0.717, 1.165) is 22.9 Å². The van der Waals surface area contributed by atoms with Crippen LogP contribution in [0.25, 0.3) is 10.9 Å². The fraction of sp³-hybridized carbons (Fsp3) is 0.227. The van der Waals surface area contributed by atoms with Gasteiger partial charge in [0.05, 0.1) is 11.1 Å². The molecule has 1 aromatic heterocycles. The van der Waals surface area contributed by atoms with E-state index in [1.165, 1.54) is 0 Å². The molecule has 1 heterocycles. The van der Waals surface area contributed by atoms with E-state index in [1.54, 1.807) is 18.2 Å². The number of phenols is 1. The molecular formula is C22H22N2O. The Morgan fingerprint density at radius 3 is 2.68 bits per heavy atom. The maximum atomic E-state index is 9.73. The van der Waals surface area contributed by atoms with Crippen LogP contribution in [0, 0.1) is 23.2 Å². The van der Waals surface area contributed by atoms with Crippen LogP contribution in [0.2, 0.25) is 0 Å². The highest BCUT2D eigenvalue weighted by molar-refractivity contribution is 5.90. The van der Waals surface area contributed by atoms with Crippen molar-refractivity contribution in [3.8, 4) is 23.7 Å². The van der Waals surface area contributed by atoms with Crippen LogP contribution in [0.3, 0.4) is 0 Å². The van der Waals surface area contributed by atoms with Gasteiger partial charge in [-0.05, 0) is 31.4 Å². The van der Waals surface area contributed by atoms with Gasteiger partial charge < -0.3 is 9.67 Å². The molecule has 0 aliphatic heterocycles. The molecular weight excluding hydrogens is 308 g/mol. The van der Waals surface area contributed by atoms with Crippen molar-refractivity contribution >= 4 is 10.9 Å². The predicted octanol–water partition coefficient (Wildman–Crippen LogP) is 5.06. The van der Waals surface area contributed by atoms with Gasteiger partial charge in [0.15, 0.2) is 0 Å². The summed E-state index contributed by atoms with van der Waals surface area (Å²) >= 11 is 0. The molecule has 0 spiro atoms. The SMILES string of the molecule is CC.CCn1c(C#CC2=CC=CC=CC2)c(C#N)c2ccc(O)cc21. The van der Waals surface area contributed by atoms with Gasteiger partial charge in [0.25, 0.3) is 0 Å². The van der Waals surface area contributed by atoms with E-state index >= 15 is 0 Å². The van der Waals surface area contributed by atoms with Gasteiger partial charge in [0, 0.05) is 23.6 Å². The van der Waals surface area contributed by atoms with Crippen LogP contribution in [0.15, 0.2) is 54.2 Å². The Bertz CT molecular complexity index is 954. The van der Waals surface area contributed by atoms with Gasteiger partial charge in [-0.1, -0.05) is 50.1 Å². The normalized spacial score (nSPS) is 12.3. The maximum absolute atomic E-state index is 9.73. The molecule has 3 nitrogen and oxygen atoms in total. The number of phenolic OH excluding ortho intramolecular Hbond substituents is 1. The van der Waals surface area contributed by atoms with Gasteiger partial charge in [-0.25, -0.2) is 0 Å². The molecule has 126 valence electrons. The third-order valence-corrected chi connectivity index (χ3v) is 3.81. The molecule has 0 saturated carbocycles. The minimum absolute atomic E-state index is 0.190. The molecule has 1 aliphatic rings. The second-order valence-electron chi connectivity index (χ2n) is 5.24. The summed E-state index contributed by atoms with van der Waals surface area (Å²) in [5.41, 5.74) is 3.11. The number of aromatic nitrogens is 1. The van der Waals surface area contributed by atoms with E-state index in [9.17, 15) is 10.4 Å². The van der Waals surface area contributed by atoms with Gasteiger partial charge in [0.1, 0.15) is 17.5 Å². The number of aryl methyl sites for hydroxylation is 1. The summed E-state index contributed by atoms with van der Waals surface area (Å²) in [6.45, 7) is 6.69. The van der Waals surface area contributed by atoms with Crippen molar-refractivity contribution in [2.75, 3.05) is 0 Å². The highest BCUT2D eigenvalue weighted by Gasteiger charge is 2.15. The van der Waals surface area contributed by atoms with Crippen LogP contribution >= 0.6 is 0 Å². The molecule has 0 amide bonds. The highest BCUT2D eigenvalue weighted by Crippen LogP contribution is 2.28. The van der Waals surface area contributed by atoms with E-state index < -0.39 is 0 Å². The highest BCUT2D eigenvalue weighted by atomic mass is 16.3. The van der Waals surface area contributed by atoms with E-state index in [1.807, 2.05) is 49.6 Å². The second kappa shape index (κ2) is 8.62. The molecule has 0 fully saturated rings. The number of fused-ring (bicyclic) bond motifs is 1. The quantitative estimate of drug-likeness (QED) is 0.743. The maximum Gasteiger partial charge on any atom is 0.117 e. The molecule has 0 bridgehead atoms. The van der Waals surface area contributed by atoms with Gasteiger partial charge in [0.2, 0.25) is 0 Å². The van der Waals surface area contributed by atoms with E-state index in [4.69, 9.17) is 0 Å². The summed E-state index contributed by atoms with van der Waals surface area (Å²) in [4.78, 5) is 0. The summed E-state index contributed by atoms with van der Waals surface area (Å²) in [6.07, 6.45) is 10.8. The molecule has 1 N–H and O–H groups in total. The predicted molar refractivity (Wildman–Crippen MR) is 103 cm³/mol. The number of nitriles is 1. The van der Waals surface area contributed by atoms with E-state index in [-0.39, 0.29) is 5.75 Å². The number of allylic oxidation sites excluding steroid dienone is 6. The minimum Gasteiger partial charge on any atom is -0.508 e. The first-order valence-electron chi connectivity index (χ1n) is 8.54. The molecule has 3 rings (SSSR count). The number of hydrogen-bond donors (Lipinski definition) is 1. The van der Waals surface area contributed by atoms with E-state index in [0.29, 0.717) is 17.8 Å². The Kier molecular flexibility index (Phi) is 6.26. The molecule has 0 atom stereocenters. The van der Waals surface area contributed by atoms with Crippen molar-refractivity contribution in [2.24, 2.45) is 0 Å². The van der Waals surface area contributed by atoms with Crippen LogP contribution in [0.1, 0.15) is 38.4 Å². The van der Waals surface area contributed by atoms with Crippen molar-refractivity contribution in [2.45, 2.75) is 33.7 Å². The zero-order valence-electron chi connectivity index (χ0n) is 14.9. The lowest BCUT2D eigenvalue weighted by atomic mass is 10.1. The molecule has 0 unspecified atom stereocenters. The average Bonchev–Trinajstić information content (AvgIpc) is 2.78. The standard InChI is InChI=1S/C20H16N2O.C2H6/c1-2-22-19(12-9-15-7-5-3-4-6-8-15)18(14-21)17-11-10-16(23)13-20(17)22;1-2/h3-7,10-11,13,23H,2,8H2,1H3;1-2H3. The van der Waals surface area contributed by atoms with Crippen LogP contribution in [0.4, 0.5) is 0 Å². The van der Waals surface area contributed by atoms with Crippen LogP contribution in [0.5, 0.6) is 5.75 Å². The van der Waals surface area contributed by atoms with Crippen molar-refractivity contribution in [3.63, 3.8) is 0 Å². The largest absolute Gasteiger partial charge is 0.508 e. The molecule has 25 heavy (non-hydrogen) atoms. The topological polar surface area (TPSA) is 49.0 Å². The lowest BCUT2D eigenvalue weighted by Gasteiger charge is -2.03. The van der Waals surface area contributed by atoms with Crippen molar-refractivity contribution in [1.82, 2.24) is 4.57 Å². The fourth-order valence-corrected chi connectivity index (χ4v) is 2.72. The summed E-state index contributed by atoms with van der Waals surface area (Å²) in [5.74, 6) is 6.53. The lowest BCUT2D eigenvalue weighted by molar-refractivity contribution is 0.476. The molecule has 0 radical (unpaired) electrons. The second-order valence-corrected chi connectivity index (χ2v) is 5.24. The Morgan fingerprint density at radius 2 is 1.96 bits per heavy atom. The molecule has 2 aromatic rings. The van der Waals surface area contributed by atoms with Gasteiger partial charge in [-0.2, -0.15) is 5.26 Å². The molecule has 1 aliphatic carbocycles. The zero-order chi connectivity index (χ0) is 18.2. The number of aromatic hydroxyl groups is 1. The van der Waals surface area contributed by atoms with Crippen LogP contribution in [-0.2, 0) is 6.54 Å². The Balaban J connectivity index is 0.00000109. The van der Waals surface area contributed by atoms with Crippen molar-refractivity contribution in [1.29, 1.82) is 5.26 Å². The minimum atomic E-state index is 0.190. The monoisotopic (exact) mass is 330 g/mol. The Hall–Kier alpha value is -3.17. The van der Waals surface area contributed by atoms with Gasteiger partial charge in [-0.3, -0.25) is 0 Å². The third-order valence-electron chi connectivity index (χ3n) is 3.81. The first-order chi connectivity index (χ1) is 12.2. The van der Waals surface area contributed by atoms with Gasteiger partial charge >= 0.3 is 0 Å². The number of nitrogens with zero attached hydrogens (tertiary/aromatic N) is 2. The van der Waals surface area contributed by atoms with Crippen LogP contribution < -0.4 is 0 Å².